The predicted octanol–water partition coefficient (Wildman–Crippen LogP) is 2.14. The number of anilines is 1. The van der Waals surface area contributed by atoms with Crippen LogP contribution < -0.4 is 14.8 Å². The summed E-state index contributed by atoms with van der Waals surface area (Å²) in [5.41, 5.74) is 0.650. The number of rotatable bonds is 6. The minimum absolute atomic E-state index is 0.00187. The molecule has 0 spiro atoms. The second-order valence-corrected chi connectivity index (χ2v) is 8.21. The number of ether oxygens (including phenoxy) is 2. The maximum Gasteiger partial charge on any atom is 0.414 e. The Labute approximate surface area is 194 Å². The number of likely N-dealkylation sites (tertiary alicyclic amines) is 2. The van der Waals surface area contributed by atoms with E-state index in [1.165, 1.54) is 32.4 Å². The molecule has 3 N–H and O–H groups in total. The van der Waals surface area contributed by atoms with E-state index in [2.05, 4.69) is 15.1 Å². The van der Waals surface area contributed by atoms with E-state index in [-0.39, 0.29) is 11.9 Å². The van der Waals surface area contributed by atoms with Crippen LogP contribution in [0.1, 0.15) is 39.0 Å². The molecule has 2 fully saturated rings. The molecule has 1 amide bonds. The molecular formula is C23H35N3O7. The number of carboxylic acids is 2. The van der Waals surface area contributed by atoms with E-state index < -0.39 is 11.9 Å². The van der Waals surface area contributed by atoms with Gasteiger partial charge >= 0.3 is 11.9 Å². The largest absolute Gasteiger partial charge is 0.497 e. The minimum atomic E-state index is -1.82. The number of methoxy groups -OCH3 is 2. The third-order valence-corrected chi connectivity index (χ3v) is 6.18. The predicted molar refractivity (Wildman–Crippen MR) is 123 cm³/mol. The van der Waals surface area contributed by atoms with Gasteiger partial charge in [0.15, 0.2) is 0 Å². The van der Waals surface area contributed by atoms with Crippen molar-refractivity contribution in [3.05, 3.63) is 18.2 Å². The summed E-state index contributed by atoms with van der Waals surface area (Å²) in [4.78, 5) is 36.0. The summed E-state index contributed by atoms with van der Waals surface area (Å²) in [6, 6.07) is 5.96. The number of aliphatic carboxylic acids is 2. The zero-order valence-electron chi connectivity index (χ0n) is 19.6. The van der Waals surface area contributed by atoms with E-state index in [0.29, 0.717) is 23.2 Å². The fraction of sp³-hybridized carbons (Fsp3) is 0.609. The van der Waals surface area contributed by atoms with Crippen molar-refractivity contribution in [1.82, 2.24) is 9.80 Å². The van der Waals surface area contributed by atoms with Gasteiger partial charge in [-0.15, -0.1) is 0 Å². The minimum Gasteiger partial charge on any atom is -0.497 e. The lowest BCUT2D eigenvalue weighted by atomic mass is 9.99. The van der Waals surface area contributed by atoms with Crippen molar-refractivity contribution in [2.75, 3.05) is 45.7 Å². The van der Waals surface area contributed by atoms with E-state index >= 15 is 0 Å². The average molecular weight is 466 g/mol. The molecule has 1 aromatic rings. The van der Waals surface area contributed by atoms with E-state index in [1.54, 1.807) is 20.3 Å². The molecule has 10 heteroatoms. The lowest BCUT2D eigenvalue weighted by molar-refractivity contribution is -0.159. The van der Waals surface area contributed by atoms with Crippen LogP contribution in [0.5, 0.6) is 11.5 Å². The first kappa shape index (κ1) is 26.4. The molecule has 184 valence electrons. The summed E-state index contributed by atoms with van der Waals surface area (Å²) >= 11 is 0. The molecule has 10 nitrogen and oxygen atoms in total. The van der Waals surface area contributed by atoms with Crippen molar-refractivity contribution in [2.45, 2.75) is 51.1 Å². The van der Waals surface area contributed by atoms with Gasteiger partial charge in [0.05, 0.1) is 25.9 Å². The first-order valence-electron chi connectivity index (χ1n) is 11.2. The Bertz CT molecular complexity index is 791. The molecule has 3 rings (SSSR count). The molecule has 2 aliphatic rings. The molecule has 1 unspecified atom stereocenters. The van der Waals surface area contributed by atoms with Gasteiger partial charge < -0.3 is 29.9 Å². The zero-order valence-corrected chi connectivity index (χ0v) is 19.6. The number of carboxylic acid groups (broad SMARTS) is 2. The molecule has 1 aromatic carbocycles. The number of piperidine rings is 2. The van der Waals surface area contributed by atoms with Gasteiger partial charge in [0.25, 0.3) is 0 Å². The number of hydrogen-bond acceptors (Lipinski definition) is 7. The van der Waals surface area contributed by atoms with Crippen LogP contribution in [0.4, 0.5) is 5.69 Å². The van der Waals surface area contributed by atoms with Crippen molar-refractivity contribution in [3.8, 4) is 11.5 Å². The molecule has 0 aromatic heterocycles. The van der Waals surface area contributed by atoms with E-state index in [0.717, 1.165) is 25.9 Å². The molecule has 2 saturated heterocycles. The van der Waals surface area contributed by atoms with Gasteiger partial charge in [0.2, 0.25) is 5.91 Å². The van der Waals surface area contributed by atoms with Crippen molar-refractivity contribution in [3.63, 3.8) is 0 Å². The topological polar surface area (TPSA) is 129 Å². The maximum absolute atomic E-state index is 12.8. The Kier molecular flexibility index (Phi) is 10.4. The maximum atomic E-state index is 12.8. The Morgan fingerprint density at radius 3 is 2.09 bits per heavy atom. The molecule has 0 bridgehead atoms. The summed E-state index contributed by atoms with van der Waals surface area (Å²) in [6.07, 6.45) is 6.35. The molecule has 1 atom stereocenters. The van der Waals surface area contributed by atoms with Gasteiger partial charge in [-0.1, -0.05) is 6.42 Å². The average Bonchev–Trinajstić information content (AvgIpc) is 2.84. The number of amides is 1. The van der Waals surface area contributed by atoms with Crippen molar-refractivity contribution >= 4 is 23.5 Å². The van der Waals surface area contributed by atoms with Crippen LogP contribution >= 0.6 is 0 Å². The van der Waals surface area contributed by atoms with E-state index in [1.807, 2.05) is 19.1 Å². The number of benzene rings is 1. The fourth-order valence-electron chi connectivity index (χ4n) is 4.24. The Balaban J connectivity index is 0.000000569. The SMILES string of the molecule is COc1ccc(OC)c(NC(=O)C(C)N2CCC(N3CCCCC3)CC2)c1.O=C(O)C(=O)O. The second kappa shape index (κ2) is 13.0. The Hall–Kier alpha value is -2.85. The number of nitrogens with zero attached hydrogens (tertiary/aromatic N) is 2. The third kappa shape index (κ3) is 7.90. The number of carbonyl (C=O) groups is 3. The quantitative estimate of drug-likeness (QED) is 0.541. The van der Waals surface area contributed by atoms with Gasteiger partial charge in [-0.2, -0.15) is 0 Å². The van der Waals surface area contributed by atoms with Gasteiger partial charge in [0, 0.05) is 25.2 Å². The molecule has 2 heterocycles. The zero-order chi connectivity index (χ0) is 24.4. The van der Waals surface area contributed by atoms with Crippen LogP contribution in [0.15, 0.2) is 18.2 Å². The van der Waals surface area contributed by atoms with Gasteiger partial charge in [-0.05, 0) is 57.8 Å². The summed E-state index contributed by atoms with van der Waals surface area (Å²) in [5, 5.41) is 17.8. The first-order valence-corrected chi connectivity index (χ1v) is 11.2. The smallest absolute Gasteiger partial charge is 0.414 e. The fourth-order valence-corrected chi connectivity index (χ4v) is 4.24. The lowest BCUT2D eigenvalue weighted by Gasteiger charge is -2.41. The molecule has 33 heavy (non-hydrogen) atoms. The summed E-state index contributed by atoms with van der Waals surface area (Å²) in [5.74, 6) is -2.32. The number of carbonyl (C=O) groups excluding carboxylic acids is 1. The van der Waals surface area contributed by atoms with Crippen molar-refractivity contribution in [1.29, 1.82) is 0 Å². The van der Waals surface area contributed by atoms with Crippen LogP contribution in [-0.4, -0.2) is 90.3 Å². The lowest BCUT2D eigenvalue weighted by Crippen LogP contribution is -2.51. The van der Waals surface area contributed by atoms with Crippen LogP contribution in [0.25, 0.3) is 0 Å². The number of hydrogen-bond donors (Lipinski definition) is 3. The Morgan fingerprint density at radius 2 is 1.58 bits per heavy atom. The number of nitrogens with one attached hydrogen (secondary N) is 1. The molecule has 0 aliphatic carbocycles. The molecule has 2 aliphatic heterocycles. The van der Waals surface area contributed by atoms with E-state index in [9.17, 15) is 4.79 Å². The standard InChI is InChI=1S/C21H33N3O3.C2H2O4/c1-16(21(25)22-19-15-18(26-2)7-8-20(19)27-3)23-13-9-17(10-14-23)24-11-5-4-6-12-24;3-1(4)2(5)6/h7-8,15-17H,4-6,9-14H2,1-3H3,(H,22,25);(H,3,4)(H,5,6). The normalized spacial score (nSPS) is 18.4. The molecule has 0 radical (unpaired) electrons. The highest BCUT2D eigenvalue weighted by molar-refractivity contribution is 6.27. The third-order valence-electron chi connectivity index (χ3n) is 6.18. The summed E-state index contributed by atoms with van der Waals surface area (Å²) in [6.45, 7) is 6.44. The highest BCUT2D eigenvalue weighted by Crippen LogP contribution is 2.29. The van der Waals surface area contributed by atoms with Gasteiger partial charge in [-0.25, -0.2) is 9.59 Å². The Morgan fingerprint density at radius 1 is 0.970 bits per heavy atom. The molecular weight excluding hydrogens is 430 g/mol. The summed E-state index contributed by atoms with van der Waals surface area (Å²) in [7, 11) is 3.22. The highest BCUT2D eigenvalue weighted by atomic mass is 16.5. The molecule has 0 saturated carbocycles. The van der Waals surface area contributed by atoms with Crippen LogP contribution in [0, 0.1) is 0 Å². The van der Waals surface area contributed by atoms with E-state index in [4.69, 9.17) is 29.3 Å². The monoisotopic (exact) mass is 465 g/mol. The van der Waals surface area contributed by atoms with Crippen LogP contribution in [-0.2, 0) is 14.4 Å². The summed E-state index contributed by atoms with van der Waals surface area (Å²) < 4.78 is 10.6. The van der Waals surface area contributed by atoms with Crippen LogP contribution in [0.3, 0.4) is 0 Å². The van der Waals surface area contributed by atoms with Gasteiger partial charge in [-0.3, -0.25) is 9.69 Å². The van der Waals surface area contributed by atoms with Crippen molar-refractivity contribution in [2.24, 2.45) is 0 Å². The highest BCUT2D eigenvalue weighted by Gasteiger charge is 2.30. The van der Waals surface area contributed by atoms with Crippen LogP contribution in [0.2, 0.25) is 0 Å². The first-order chi connectivity index (χ1) is 15.8. The van der Waals surface area contributed by atoms with Crippen molar-refractivity contribution < 1.29 is 34.1 Å². The van der Waals surface area contributed by atoms with Gasteiger partial charge in [0.1, 0.15) is 11.5 Å². The second-order valence-electron chi connectivity index (χ2n) is 8.21.